The first kappa shape index (κ1) is 15.7. The van der Waals surface area contributed by atoms with Crippen LogP contribution in [0.4, 0.5) is 0 Å². The Balaban J connectivity index is 2.51. The first-order valence-electron chi connectivity index (χ1n) is 6.56. The minimum absolute atomic E-state index is 0.548. The number of hydrogen-bond donors (Lipinski definition) is 0. The summed E-state index contributed by atoms with van der Waals surface area (Å²) in [5.41, 5.74) is 0. The zero-order valence-electron chi connectivity index (χ0n) is 10.7. The Labute approximate surface area is 126 Å². The molecule has 2 unspecified atom stereocenters. The monoisotopic (exact) mass is 380 g/mol. The van der Waals surface area contributed by atoms with Gasteiger partial charge in [-0.15, -0.1) is 11.3 Å². The molecule has 2 atom stereocenters. The molecule has 0 bridgehead atoms. The van der Waals surface area contributed by atoms with Gasteiger partial charge in [0, 0.05) is 19.4 Å². The molecule has 0 saturated carbocycles. The molecular formula is C14H22Br2S. The van der Waals surface area contributed by atoms with Crippen molar-refractivity contribution < 1.29 is 0 Å². The van der Waals surface area contributed by atoms with Crippen LogP contribution in [-0.4, -0.2) is 0 Å². The van der Waals surface area contributed by atoms with Gasteiger partial charge in [0.1, 0.15) is 0 Å². The highest BCUT2D eigenvalue weighted by Crippen LogP contribution is 2.39. The third-order valence-electron chi connectivity index (χ3n) is 2.89. The molecule has 1 heterocycles. The van der Waals surface area contributed by atoms with Gasteiger partial charge < -0.3 is 0 Å². The lowest BCUT2D eigenvalue weighted by Crippen LogP contribution is -1.86. The summed E-state index contributed by atoms with van der Waals surface area (Å²) >= 11 is 9.55. The van der Waals surface area contributed by atoms with E-state index in [-0.39, 0.29) is 0 Å². The molecule has 0 nitrogen and oxygen atoms in total. The Morgan fingerprint density at radius 3 is 1.71 bits per heavy atom. The van der Waals surface area contributed by atoms with Gasteiger partial charge in [0.15, 0.2) is 0 Å². The van der Waals surface area contributed by atoms with Gasteiger partial charge in [-0.05, 0) is 25.0 Å². The quantitative estimate of drug-likeness (QED) is 0.425. The van der Waals surface area contributed by atoms with Gasteiger partial charge in [-0.25, -0.2) is 0 Å². The number of rotatable bonds is 8. The summed E-state index contributed by atoms with van der Waals surface area (Å²) in [7, 11) is 0. The van der Waals surface area contributed by atoms with Gasteiger partial charge in [-0.1, -0.05) is 71.4 Å². The van der Waals surface area contributed by atoms with Crippen LogP contribution in [0.15, 0.2) is 12.1 Å². The van der Waals surface area contributed by atoms with E-state index in [2.05, 4.69) is 57.8 Å². The van der Waals surface area contributed by atoms with Crippen molar-refractivity contribution in [3.8, 4) is 0 Å². The lowest BCUT2D eigenvalue weighted by Gasteiger charge is -2.07. The third-order valence-corrected chi connectivity index (χ3v) is 6.71. The third kappa shape index (κ3) is 5.44. The fourth-order valence-corrected chi connectivity index (χ4v) is 4.31. The number of hydrogen-bond acceptors (Lipinski definition) is 1. The van der Waals surface area contributed by atoms with Gasteiger partial charge in [0.05, 0.1) is 0 Å². The van der Waals surface area contributed by atoms with Crippen molar-refractivity contribution >= 4 is 43.2 Å². The summed E-state index contributed by atoms with van der Waals surface area (Å²) in [5, 5.41) is 0. The van der Waals surface area contributed by atoms with Crippen molar-refractivity contribution in [2.45, 2.75) is 62.0 Å². The van der Waals surface area contributed by atoms with Gasteiger partial charge in [0.25, 0.3) is 0 Å². The van der Waals surface area contributed by atoms with E-state index >= 15 is 0 Å². The molecule has 1 aromatic heterocycles. The molecule has 0 aliphatic heterocycles. The molecule has 1 rings (SSSR count). The largest absolute Gasteiger partial charge is 0.143 e. The van der Waals surface area contributed by atoms with E-state index in [4.69, 9.17) is 0 Å². The van der Waals surface area contributed by atoms with E-state index in [1.54, 1.807) is 0 Å². The molecule has 0 aliphatic carbocycles. The van der Waals surface area contributed by atoms with Crippen LogP contribution in [-0.2, 0) is 0 Å². The van der Waals surface area contributed by atoms with Crippen molar-refractivity contribution in [1.29, 1.82) is 0 Å². The van der Waals surface area contributed by atoms with Crippen LogP contribution in [0.1, 0.15) is 71.8 Å². The molecule has 0 fully saturated rings. The Bertz CT molecular complexity index is 280. The minimum Gasteiger partial charge on any atom is -0.143 e. The number of unbranched alkanes of at least 4 members (excludes halogenated alkanes) is 2. The maximum absolute atomic E-state index is 3.80. The topological polar surface area (TPSA) is 0 Å². The predicted octanol–water partition coefficient (Wildman–Crippen LogP) is 7.00. The molecule has 0 N–H and O–H groups in total. The SMILES string of the molecule is CCCCC(Br)c1ccc(C(Br)CCCC)s1. The summed E-state index contributed by atoms with van der Waals surface area (Å²) in [5.74, 6) is 0. The van der Waals surface area contributed by atoms with E-state index in [0.717, 1.165) is 0 Å². The number of thiophene rings is 1. The van der Waals surface area contributed by atoms with Gasteiger partial charge in [0.2, 0.25) is 0 Å². The Morgan fingerprint density at radius 2 is 1.35 bits per heavy atom. The molecule has 98 valence electrons. The highest BCUT2D eigenvalue weighted by Gasteiger charge is 2.14. The molecule has 17 heavy (non-hydrogen) atoms. The zero-order chi connectivity index (χ0) is 12.7. The van der Waals surface area contributed by atoms with E-state index < -0.39 is 0 Å². The van der Waals surface area contributed by atoms with E-state index in [1.807, 2.05) is 11.3 Å². The summed E-state index contributed by atoms with van der Waals surface area (Å²) < 4.78 is 0. The molecular weight excluding hydrogens is 360 g/mol. The maximum Gasteiger partial charge on any atom is 0.0489 e. The van der Waals surface area contributed by atoms with Gasteiger partial charge in [-0.3, -0.25) is 0 Å². The average molecular weight is 382 g/mol. The first-order chi connectivity index (χ1) is 8.19. The fraction of sp³-hybridized carbons (Fsp3) is 0.714. The van der Waals surface area contributed by atoms with E-state index in [9.17, 15) is 0 Å². The normalized spacial score (nSPS) is 14.8. The van der Waals surface area contributed by atoms with Crippen molar-refractivity contribution in [2.75, 3.05) is 0 Å². The lowest BCUT2D eigenvalue weighted by molar-refractivity contribution is 0.718. The first-order valence-corrected chi connectivity index (χ1v) is 9.21. The maximum atomic E-state index is 3.80. The van der Waals surface area contributed by atoms with Crippen LogP contribution in [0.5, 0.6) is 0 Å². The smallest absolute Gasteiger partial charge is 0.0489 e. The Morgan fingerprint density at radius 1 is 0.941 bits per heavy atom. The number of halogens is 2. The Kier molecular flexibility index (Phi) is 8.05. The predicted molar refractivity (Wildman–Crippen MR) is 86.7 cm³/mol. The van der Waals surface area contributed by atoms with Crippen molar-refractivity contribution in [1.82, 2.24) is 0 Å². The second-order valence-corrected chi connectivity index (χ2v) is 7.82. The summed E-state index contributed by atoms with van der Waals surface area (Å²) in [6.07, 6.45) is 7.65. The van der Waals surface area contributed by atoms with Crippen LogP contribution >= 0.6 is 43.2 Å². The second kappa shape index (κ2) is 8.71. The summed E-state index contributed by atoms with van der Waals surface area (Å²) in [6.45, 7) is 4.50. The molecule has 1 aromatic rings. The molecule has 0 aliphatic rings. The van der Waals surface area contributed by atoms with Gasteiger partial charge in [-0.2, -0.15) is 0 Å². The standard InChI is InChI=1S/C14H22Br2S/c1-3-5-7-11(15)13-9-10-14(17-13)12(16)8-6-4-2/h9-12H,3-8H2,1-2H3. The molecule has 0 amide bonds. The van der Waals surface area contributed by atoms with E-state index in [1.165, 1.54) is 48.3 Å². The van der Waals surface area contributed by atoms with Crippen LogP contribution in [0, 0.1) is 0 Å². The molecule has 0 aromatic carbocycles. The van der Waals surface area contributed by atoms with Crippen LogP contribution in [0.2, 0.25) is 0 Å². The van der Waals surface area contributed by atoms with Crippen LogP contribution in [0.3, 0.4) is 0 Å². The molecule has 0 radical (unpaired) electrons. The zero-order valence-corrected chi connectivity index (χ0v) is 14.7. The van der Waals surface area contributed by atoms with E-state index in [0.29, 0.717) is 9.65 Å². The summed E-state index contributed by atoms with van der Waals surface area (Å²) in [4.78, 5) is 4.06. The lowest BCUT2D eigenvalue weighted by atomic mass is 10.1. The highest BCUT2D eigenvalue weighted by atomic mass is 79.9. The van der Waals surface area contributed by atoms with Crippen molar-refractivity contribution in [2.24, 2.45) is 0 Å². The Hall–Kier alpha value is 0.660. The van der Waals surface area contributed by atoms with Crippen LogP contribution in [0.25, 0.3) is 0 Å². The van der Waals surface area contributed by atoms with Crippen molar-refractivity contribution in [3.63, 3.8) is 0 Å². The fourth-order valence-electron chi connectivity index (χ4n) is 1.76. The highest BCUT2D eigenvalue weighted by molar-refractivity contribution is 9.09. The molecule has 0 spiro atoms. The van der Waals surface area contributed by atoms with Gasteiger partial charge >= 0.3 is 0 Å². The van der Waals surface area contributed by atoms with Crippen molar-refractivity contribution in [3.05, 3.63) is 21.9 Å². The minimum atomic E-state index is 0.548. The molecule has 3 heteroatoms. The van der Waals surface area contributed by atoms with Crippen LogP contribution < -0.4 is 0 Å². The molecule has 0 saturated heterocycles. The average Bonchev–Trinajstić information content (AvgIpc) is 2.82. The number of alkyl halides is 2. The second-order valence-electron chi connectivity index (χ2n) is 4.46. The summed E-state index contributed by atoms with van der Waals surface area (Å²) in [6, 6.07) is 4.57.